The van der Waals surface area contributed by atoms with Crippen LogP contribution in [0.25, 0.3) is 21.9 Å². The number of allylic oxidation sites excluding steroid dienone is 1. The predicted octanol–water partition coefficient (Wildman–Crippen LogP) is 5.81. The SMILES string of the molecule is CCCOc1c(Cl)cc(/C=C(\C#N)c2nc3ccccc3s2)cc1OC. The second kappa shape index (κ2) is 8.22. The van der Waals surface area contributed by atoms with Crippen molar-refractivity contribution in [2.75, 3.05) is 13.7 Å². The number of hydrogen-bond acceptors (Lipinski definition) is 5. The highest BCUT2D eigenvalue weighted by molar-refractivity contribution is 7.19. The van der Waals surface area contributed by atoms with Gasteiger partial charge in [-0.15, -0.1) is 11.3 Å². The molecule has 0 aliphatic rings. The number of thiazole rings is 1. The molecule has 132 valence electrons. The van der Waals surface area contributed by atoms with E-state index in [0.717, 1.165) is 22.2 Å². The van der Waals surface area contributed by atoms with E-state index in [1.165, 1.54) is 11.3 Å². The third-order valence-corrected chi connectivity index (χ3v) is 5.01. The summed E-state index contributed by atoms with van der Waals surface area (Å²) in [6.45, 7) is 2.58. The predicted molar refractivity (Wildman–Crippen MR) is 107 cm³/mol. The Kier molecular flexibility index (Phi) is 5.77. The minimum atomic E-state index is 0.450. The zero-order valence-electron chi connectivity index (χ0n) is 14.5. The normalized spacial score (nSPS) is 11.4. The van der Waals surface area contributed by atoms with Gasteiger partial charge in [-0.3, -0.25) is 0 Å². The number of benzene rings is 2. The Hall–Kier alpha value is -2.55. The van der Waals surface area contributed by atoms with Crippen LogP contribution in [0, 0.1) is 11.3 Å². The summed E-state index contributed by atoms with van der Waals surface area (Å²) in [6, 6.07) is 13.6. The average molecular weight is 385 g/mol. The number of para-hydroxylation sites is 1. The molecule has 0 saturated heterocycles. The van der Waals surface area contributed by atoms with Crippen molar-refractivity contribution in [2.24, 2.45) is 0 Å². The van der Waals surface area contributed by atoms with E-state index in [-0.39, 0.29) is 0 Å². The standard InChI is InChI=1S/C20H17ClN2O2S/c1-3-8-25-19-15(21)10-13(11-17(19)24-2)9-14(12-22)20-23-16-6-4-5-7-18(16)26-20/h4-7,9-11H,3,8H2,1-2H3/b14-9+. The third-order valence-electron chi connectivity index (χ3n) is 3.66. The van der Waals surface area contributed by atoms with Gasteiger partial charge in [-0.2, -0.15) is 5.26 Å². The Morgan fingerprint density at radius 1 is 1.35 bits per heavy atom. The van der Waals surface area contributed by atoms with Gasteiger partial charge in [0.15, 0.2) is 11.5 Å². The molecule has 0 aliphatic carbocycles. The minimum Gasteiger partial charge on any atom is -0.493 e. The van der Waals surface area contributed by atoms with Crippen LogP contribution in [0.2, 0.25) is 5.02 Å². The van der Waals surface area contributed by atoms with Gasteiger partial charge in [0.2, 0.25) is 0 Å². The number of fused-ring (bicyclic) bond motifs is 1. The number of methoxy groups -OCH3 is 1. The summed E-state index contributed by atoms with van der Waals surface area (Å²) in [7, 11) is 1.57. The largest absolute Gasteiger partial charge is 0.493 e. The summed E-state index contributed by atoms with van der Waals surface area (Å²) in [5, 5.41) is 10.7. The molecule has 0 atom stereocenters. The molecule has 0 fully saturated rings. The van der Waals surface area contributed by atoms with Crippen LogP contribution in [-0.4, -0.2) is 18.7 Å². The van der Waals surface area contributed by atoms with Crippen molar-refractivity contribution < 1.29 is 9.47 Å². The molecule has 0 unspecified atom stereocenters. The number of ether oxygens (including phenoxy) is 2. The highest BCUT2D eigenvalue weighted by Gasteiger charge is 2.13. The monoisotopic (exact) mass is 384 g/mol. The van der Waals surface area contributed by atoms with Crippen molar-refractivity contribution in [1.29, 1.82) is 5.26 Å². The molecule has 0 bridgehead atoms. The van der Waals surface area contributed by atoms with Crippen LogP contribution in [-0.2, 0) is 0 Å². The van der Waals surface area contributed by atoms with Crippen molar-refractivity contribution in [3.63, 3.8) is 0 Å². The quantitative estimate of drug-likeness (QED) is 0.503. The molecule has 0 aliphatic heterocycles. The van der Waals surface area contributed by atoms with E-state index in [4.69, 9.17) is 21.1 Å². The Morgan fingerprint density at radius 2 is 2.15 bits per heavy atom. The van der Waals surface area contributed by atoms with Gasteiger partial charge in [0, 0.05) is 0 Å². The van der Waals surface area contributed by atoms with Crippen LogP contribution < -0.4 is 9.47 Å². The molecule has 0 spiro atoms. The third kappa shape index (κ3) is 3.82. The van der Waals surface area contributed by atoms with E-state index < -0.39 is 0 Å². The number of rotatable bonds is 6. The zero-order chi connectivity index (χ0) is 18.5. The molecule has 6 heteroatoms. The van der Waals surface area contributed by atoms with E-state index in [2.05, 4.69) is 11.1 Å². The first-order valence-electron chi connectivity index (χ1n) is 8.14. The molecule has 1 aromatic heterocycles. The van der Waals surface area contributed by atoms with Crippen LogP contribution in [0.4, 0.5) is 0 Å². The molecular formula is C20H17ClN2O2S. The van der Waals surface area contributed by atoms with Gasteiger partial charge in [0.25, 0.3) is 0 Å². The number of nitriles is 1. The van der Waals surface area contributed by atoms with Crippen LogP contribution in [0.1, 0.15) is 23.9 Å². The van der Waals surface area contributed by atoms with Crippen LogP contribution in [0.3, 0.4) is 0 Å². The highest BCUT2D eigenvalue weighted by Crippen LogP contribution is 2.38. The molecule has 0 amide bonds. The molecule has 1 heterocycles. The Morgan fingerprint density at radius 3 is 2.85 bits per heavy atom. The fourth-order valence-electron chi connectivity index (χ4n) is 2.46. The molecule has 26 heavy (non-hydrogen) atoms. The van der Waals surface area contributed by atoms with E-state index in [9.17, 15) is 5.26 Å². The van der Waals surface area contributed by atoms with Crippen molar-refractivity contribution in [2.45, 2.75) is 13.3 Å². The van der Waals surface area contributed by atoms with Crippen molar-refractivity contribution in [3.8, 4) is 17.6 Å². The maximum atomic E-state index is 9.59. The molecule has 0 saturated carbocycles. The van der Waals surface area contributed by atoms with Crippen molar-refractivity contribution in [3.05, 3.63) is 52.0 Å². The summed E-state index contributed by atoms with van der Waals surface area (Å²) < 4.78 is 12.1. The maximum Gasteiger partial charge on any atom is 0.179 e. The Bertz CT molecular complexity index is 972. The van der Waals surface area contributed by atoms with E-state index in [1.54, 1.807) is 19.3 Å². The molecule has 4 nitrogen and oxygen atoms in total. The van der Waals surface area contributed by atoms with Gasteiger partial charge < -0.3 is 9.47 Å². The zero-order valence-corrected chi connectivity index (χ0v) is 16.0. The lowest BCUT2D eigenvalue weighted by Crippen LogP contribution is -1.99. The van der Waals surface area contributed by atoms with Gasteiger partial charge in [-0.1, -0.05) is 30.7 Å². The lowest BCUT2D eigenvalue weighted by Gasteiger charge is -2.12. The molecular weight excluding hydrogens is 368 g/mol. The highest BCUT2D eigenvalue weighted by atomic mass is 35.5. The lowest BCUT2D eigenvalue weighted by molar-refractivity contribution is 0.294. The lowest BCUT2D eigenvalue weighted by atomic mass is 10.1. The van der Waals surface area contributed by atoms with Crippen molar-refractivity contribution in [1.82, 2.24) is 4.98 Å². The van der Waals surface area contributed by atoms with E-state index >= 15 is 0 Å². The van der Waals surface area contributed by atoms with Crippen molar-refractivity contribution >= 4 is 44.8 Å². The molecule has 3 aromatic rings. The molecule has 0 radical (unpaired) electrons. The number of hydrogen-bond donors (Lipinski definition) is 0. The summed E-state index contributed by atoms with van der Waals surface area (Å²) in [6.07, 6.45) is 2.63. The van der Waals surface area contributed by atoms with Crippen LogP contribution in [0.5, 0.6) is 11.5 Å². The second-order valence-electron chi connectivity index (χ2n) is 5.54. The molecule has 2 aromatic carbocycles. The Labute approximate surface area is 161 Å². The average Bonchev–Trinajstić information content (AvgIpc) is 3.08. The van der Waals surface area contributed by atoms with Crippen LogP contribution >= 0.6 is 22.9 Å². The first-order chi connectivity index (χ1) is 12.7. The summed E-state index contributed by atoms with van der Waals surface area (Å²) in [5.74, 6) is 1.06. The van der Waals surface area contributed by atoms with Gasteiger partial charge in [-0.25, -0.2) is 4.98 Å². The number of nitrogens with zero attached hydrogens (tertiary/aromatic N) is 2. The van der Waals surface area contributed by atoms with Crippen LogP contribution in [0.15, 0.2) is 36.4 Å². The summed E-state index contributed by atoms with van der Waals surface area (Å²) in [5.41, 5.74) is 2.12. The van der Waals surface area contributed by atoms with Gasteiger partial charge in [0.1, 0.15) is 11.1 Å². The van der Waals surface area contributed by atoms with Gasteiger partial charge in [-0.05, 0) is 42.3 Å². The summed E-state index contributed by atoms with van der Waals surface area (Å²) in [4.78, 5) is 4.54. The second-order valence-corrected chi connectivity index (χ2v) is 6.98. The smallest absolute Gasteiger partial charge is 0.179 e. The first-order valence-corrected chi connectivity index (χ1v) is 9.33. The summed E-state index contributed by atoms with van der Waals surface area (Å²) >= 11 is 7.84. The number of aromatic nitrogens is 1. The molecule has 3 rings (SSSR count). The fourth-order valence-corrected chi connectivity index (χ4v) is 3.67. The molecule has 0 N–H and O–H groups in total. The number of halogens is 1. The topological polar surface area (TPSA) is 55.1 Å². The Balaban J connectivity index is 2.01. The van der Waals surface area contributed by atoms with E-state index in [0.29, 0.717) is 33.7 Å². The van der Waals surface area contributed by atoms with E-state index in [1.807, 2.05) is 37.3 Å². The van der Waals surface area contributed by atoms with Gasteiger partial charge in [0.05, 0.1) is 34.5 Å². The first kappa shape index (κ1) is 18.2. The fraction of sp³-hybridized carbons (Fsp3) is 0.200. The maximum absolute atomic E-state index is 9.59. The van der Waals surface area contributed by atoms with Gasteiger partial charge >= 0.3 is 0 Å². The minimum absolute atomic E-state index is 0.450.